The molecule has 2 nitrogen and oxygen atoms in total. The summed E-state index contributed by atoms with van der Waals surface area (Å²) in [6.07, 6.45) is -0.595. The van der Waals surface area contributed by atoms with Gasteiger partial charge in [-0.25, -0.2) is 0 Å². The number of nitrogens with two attached hydrogens (primary N) is 1. The highest BCUT2D eigenvalue weighted by molar-refractivity contribution is 6.21. The Morgan fingerprint density at radius 3 is 2.31 bits per heavy atom. The van der Waals surface area contributed by atoms with Crippen molar-refractivity contribution in [1.29, 1.82) is 0 Å². The molecular weight excluding hydrogens is 186 g/mol. The van der Waals surface area contributed by atoms with Crippen molar-refractivity contribution in [2.75, 3.05) is 0 Å². The number of benzene rings is 1. The standard InChI is InChI=1S/C10H14ClNO/c1-7(13)10(12)9(11)8-5-3-2-4-6-8/h2-7,9-10,13H,12H2,1H3/t7-,9?,10+/m1/s1. The number of hydrogen-bond acceptors (Lipinski definition) is 2. The van der Waals surface area contributed by atoms with Crippen LogP contribution in [0.1, 0.15) is 17.9 Å². The van der Waals surface area contributed by atoms with Gasteiger partial charge in [-0.05, 0) is 12.5 Å². The molecule has 0 aliphatic heterocycles. The van der Waals surface area contributed by atoms with Crippen molar-refractivity contribution >= 4 is 11.6 Å². The first kappa shape index (κ1) is 10.5. The van der Waals surface area contributed by atoms with Crippen LogP contribution in [0.25, 0.3) is 0 Å². The van der Waals surface area contributed by atoms with E-state index in [0.29, 0.717) is 0 Å². The zero-order valence-corrected chi connectivity index (χ0v) is 8.28. The number of hydrogen-bond donors (Lipinski definition) is 2. The fourth-order valence-electron chi connectivity index (χ4n) is 1.10. The minimum absolute atomic E-state index is 0.332. The average Bonchev–Trinajstić information content (AvgIpc) is 2.17. The zero-order valence-electron chi connectivity index (χ0n) is 7.52. The van der Waals surface area contributed by atoms with Gasteiger partial charge >= 0.3 is 0 Å². The van der Waals surface area contributed by atoms with Crippen molar-refractivity contribution in [3.05, 3.63) is 35.9 Å². The first-order valence-corrected chi connectivity index (χ1v) is 4.69. The van der Waals surface area contributed by atoms with Gasteiger partial charge in [-0.1, -0.05) is 30.3 Å². The molecule has 3 atom stereocenters. The summed E-state index contributed by atoms with van der Waals surface area (Å²) in [7, 11) is 0. The van der Waals surface area contributed by atoms with Gasteiger partial charge in [0.25, 0.3) is 0 Å². The molecule has 0 aliphatic carbocycles. The van der Waals surface area contributed by atoms with Gasteiger partial charge in [0.05, 0.1) is 17.5 Å². The number of halogens is 1. The van der Waals surface area contributed by atoms with E-state index in [0.717, 1.165) is 5.56 Å². The van der Waals surface area contributed by atoms with Crippen molar-refractivity contribution < 1.29 is 5.11 Å². The van der Waals surface area contributed by atoms with Crippen LogP contribution in [0.5, 0.6) is 0 Å². The molecule has 0 radical (unpaired) electrons. The Kier molecular flexibility index (Phi) is 3.72. The highest BCUT2D eigenvalue weighted by Crippen LogP contribution is 2.24. The Labute approximate surface area is 83.3 Å². The van der Waals surface area contributed by atoms with Crippen molar-refractivity contribution in [3.63, 3.8) is 0 Å². The lowest BCUT2D eigenvalue weighted by atomic mass is 10.0. The molecule has 0 aromatic heterocycles. The lowest BCUT2D eigenvalue weighted by Crippen LogP contribution is -2.36. The third-order valence-corrected chi connectivity index (χ3v) is 2.56. The fourth-order valence-corrected chi connectivity index (χ4v) is 1.46. The Hall–Kier alpha value is -0.570. The maximum absolute atomic E-state index is 9.24. The van der Waals surface area contributed by atoms with Crippen molar-refractivity contribution in [1.82, 2.24) is 0 Å². The first-order chi connectivity index (χ1) is 6.13. The van der Waals surface area contributed by atoms with Gasteiger partial charge in [0.2, 0.25) is 0 Å². The van der Waals surface area contributed by atoms with Crippen molar-refractivity contribution in [3.8, 4) is 0 Å². The smallest absolute Gasteiger partial charge is 0.0761 e. The topological polar surface area (TPSA) is 46.2 Å². The largest absolute Gasteiger partial charge is 0.392 e. The number of rotatable bonds is 3. The van der Waals surface area contributed by atoms with Crippen molar-refractivity contribution in [2.24, 2.45) is 5.73 Å². The highest BCUT2D eigenvalue weighted by Gasteiger charge is 2.20. The lowest BCUT2D eigenvalue weighted by molar-refractivity contribution is 0.161. The first-order valence-electron chi connectivity index (χ1n) is 4.25. The van der Waals surface area contributed by atoms with Gasteiger partial charge in [-0.3, -0.25) is 0 Å². The van der Waals surface area contributed by atoms with E-state index >= 15 is 0 Å². The zero-order chi connectivity index (χ0) is 9.84. The molecule has 3 heteroatoms. The van der Waals surface area contributed by atoms with Crippen LogP contribution in [0.15, 0.2) is 30.3 Å². The monoisotopic (exact) mass is 199 g/mol. The van der Waals surface area contributed by atoms with E-state index in [-0.39, 0.29) is 5.38 Å². The number of aliphatic hydroxyl groups is 1. The molecule has 0 bridgehead atoms. The van der Waals surface area contributed by atoms with Gasteiger partial charge in [-0.15, -0.1) is 11.6 Å². The summed E-state index contributed by atoms with van der Waals surface area (Å²) in [6, 6.07) is 9.10. The van der Waals surface area contributed by atoms with Crippen LogP contribution < -0.4 is 5.73 Å². The predicted octanol–water partition coefficient (Wildman–Crippen LogP) is 1.67. The average molecular weight is 200 g/mol. The van der Waals surface area contributed by atoms with Gasteiger partial charge in [0.15, 0.2) is 0 Å². The van der Waals surface area contributed by atoms with Gasteiger partial charge in [-0.2, -0.15) is 0 Å². The molecular formula is C10H14ClNO. The molecule has 1 aromatic carbocycles. The van der Waals surface area contributed by atoms with E-state index in [1.165, 1.54) is 0 Å². The highest BCUT2D eigenvalue weighted by atomic mass is 35.5. The molecule has 0 saturated heterocycles. The van der Waals surface area contributed by atoms with Crippen LogP contribution in [-0.2, 0) is 0 Å². The minimum Gasteiger partial charge on any atom is -0.392 e. The molecule has 3 N–H and O–H groups in total. The Morgan fingerprint density at radius 1 is 1.31 bits per heavy atom. The molecule has 1 unspecified atom stereocenters. The summed E-state index contributed by atoms with van der Waals surface area (Å²) in [5.41, 5.74) is 6.65. The molecule has 0 spiro atoms. The minimum atomic E-state index is -0.595. The molecule has 0 saturated carbocycles. The van der Waals surface area contributed by atoms with E-state index in [2.05, 4.69) is 0 Å². The summed E-state index contributed by atoms with van der Waals surface area (Å²) in [6.45, 7) is 1.64. The predicted molar refractivity (Wildman–Crippen MR) is 54.7 cm³/mol. The van der Waals surface area contributed by atoms with E-state index in [1.54, 1.807) is 6.92 Å². The number of alkyl halides is 1. The molecule has 0 fully saturated rings. The van der Waals surface area contributed by atoms with Crippen LogP contribution in [0.4, 0.5) is 0 Å². The van der Waals surface area contributed by atoms with E-state index < -0.39 is 12.1 Å². The maximum atomic E-state index is 9.24. The Balaban J connectivity index is 2.73. The van der Waals surface area contributed by atoms with Gasteiger partial charge < -0.3 is 10.8 Å². The second-order valence-corrected chi connectivity index (χ2v) is 3.60. The Bertz CT molecular complexity index is 250. The molecule has 0 heterocycles. The third-order valence-electron chi connectivity index (χ3n) is 2.01. The summed E-state index contributed by atoms with van der Waals surface area (Å²) in [5.74, 6) is 0. The number of aliphatic hydroxyl groups excluding tert-OH is 1. The van der Waals surface area contributed by atoms with E-state index in [9.17, 15) is 5.11 Å². The summed E-state index contributed by atoms with van der Waals surface area (Å²) >= 11 is 6.07. The third kappa shape index (κ3) is 2.69. The Morgan fingerprint density at radius 2 is 1.85 bits per heavy atom. The van der Waals surface area contributed by atoms with E-state index in [4.69, 9.17) is 17.3 Å². The van der Waals surface area contributed by atoms with E-state index in [1.807, 2.05) is 30.3 Å². The summed E-state index contributed by atoms with van der Waals surface area (Å²) < 4.78 is 0. The van der Waals surface area contributed by atoms with Crippen LogP contribution in [0.2, 0.25) is 0 Å². The quantitative estimate of drug-likeness (QED) is 0.728. The van der Waals surface area contributed by atoms with Crippen LogP contribution >= 0.6 is 11.6 Å². The van der Waals surface area contributed by atoms with Gasteiger partial charge in [0, 0.05) is 0 Å². The summed E-state index contributed by atoms with van der Waals surface area (Å²) in [5, 5.41) is 8.91. The molecule has 0 aliphatic rings. The molecule has 13 heavy (non-hydrogen) atoms. The van der Waals surface area contributed by atoms with Gasteiger partial charge in [0.1, 0.15) is 0 Å². The maximum Gasteiger partial charge on any atom is 0.0761 e. The van der Waals surface area contributed by atoms with Crippen LogP contribution in [0, 0.1) is 0 Å². The molecule has 0 amide bonds. The second-order valence-electron chi connectivity index (χ2n) is 3.13. The summed E-state index contributed by atoms with van der Waals surface area (Å²) in [4.78, 5) is 0. The SMILES string of the molecule is C[C@@H](O)[C@H](N)C(Cl)c1ccccc1. The van der Waals surface area contributed by atoms with Crippen LogP contribution in [-0.4, -0.2) is 17.3 Å². The normalized spacial score (nSPS) is 17.8. The fraction of sp³-hybridized carbons (Fsp3) is 0.400. The second kappa shape index (κ2) is 4.61. The lowest BCUT2D eigenvalue weighted by Gasteiger charge is -2.20. The van der Waals surface area contributed by atoms with Crippen molar-refractivity contribution in [2.45, 2.75) is 24.4 Å². The van der Waals surface area contributed by atoms with Crippen LogP contribution in [0.3, 0.4) is 0 Å². The molecule has 1 rings (SSSR count). The molecule has 72 valence electrons. The molecule has 1 aromatic rings.